The molecule has 8 nitrogen and oxygen atoms in total. The number of hydrogen-bond donors (Lipinski definition) is 6. The van der Waals surface area contributed by atoms with Gasteiger partial charge in [-0.05, 0) is 104 Å². The molecule has 0 saturated carbocycles. The Hall–Kier alpha value is -3.94. The summed E-state index contributed by atoms with van der Waals surface area (Å²) in [6.45, 7) is 13.0. The number of carbonyl (C=O) groups is 2. The van der Waals surface area contributed by atoms with Crippen molar-refractivity contribution in [2.45, 2.75) is 105 Å². The van der Waals surface area contributed by atoms with Crippen LogP contribution in [-0.2, 0) is 48.1 Å². The van der Waals surface area contributed by atoms with E-state index in [1.165, 1.54) is 28.0 Å². The summed E-state index contributed by atoms with van der Waals surface area (Å²) >= 11 is 0. The van der Waals surface area contributed by atoms with Crippen molar-refractivity contribution in [1.29, 1.82) is 0 Å². The quantitative estimate of drug-likeness (QED) is 0.198. The number of rotatable bonds is 8. The molecular weight excluding hydrogens is 528 g/mol. The molecular formula is C34H44N4O4. The molecule has 1 atom stereocenters. The second-order valence-corrected chi connectivity index (χ2v) is 12.0. The zero-order chi connectivity index (χ0) is 30.3. The number of aliphatic carboxylic acids is 2. The predicted octanol–water partition coefficient (Wildman–Crippen LogP) is 5.97. The molecule has 0 amide bonds. The average Bonchev–Trinajstić information content (AvgIpc) is 3.59. The van der Waals surface area contributed by atoms with Crippen LogP contribution >= 0.6 is 0 Å². The van der Waals surface area contributed by atoms with Gasteiger partial charge in [-0.1, -0.05) is 13.8 Å². The Morgan fingerprint density at radius 3 is 1.86 bits per heavy atom. The molecule has 5 rings (SSSR count). The lowest BCUT2D eigenvalue weighted by molar-refractivity contribution is -0.138. The van der Waals surface area contributed by atoms with Gasteiger partial charge in [-0.25, -0.2) is 0 Å². The lowest BCUT2D eigenvalue weighted by Crippen LogP contribution is -2.26. The van der Waals surface area contributed by atoms with Gasteiger partial charge in [0.1, 0.15) is 0 Å². The molecule has 0 saturated heterocycles. The van der Waals surface area contributed by atoms with E-state index in [9.17, 15) is 19.8 Å². The monoisotopic (exact) mass is 572 g/mol. The van der Waals surface area contributed by atoms with E-state index in [1.807, 2.05) is 0 Å². The molecule has 0 aromatic carbocycles. The second-order valence-electron chi connectivity index (χ2n) is 12.0. The van der Waals surface area contributed by atoms with Gasteiger partial charge in [-0.2, -0.15) is 0 Å². The van der Waals surface area contributed by atoms with Crippen LogP contribution in [0.2, 0.25) is 0 Å². The summed E-state index contributed by atoms with van der Waals surface area (Å²) in [6, 6.07) is 0.141. The summed E-state index contributed by atoms with van der Waals surface area (Å²) in [5.41, 5.74) is 17.3. The van der Waals surface area contributed by atoms with E-state index in [0.29, 0.717) is 25.7 Å². The van der Waals surface area contributed by atoms with Gasteiger partial charge < -0.3 is 30.5 Å². The van der Waals surface area contributed by atoms with Crippen molar-refractivity contribution in [2.75, 3.05) is 0 Å². The van der Waals surface area contributed by atoms with Crippen molar-refractivity contribution >= 4 is 18.0 Å². The maximum atomic E-state index is 11.6. The van der Waals surface area contributed by atoms with E-state index in [-0.39, 0.29) is 18.9 Å². The van der Waals surface area contributed by atoms with Crippen LogP contribution < -0.4 is 5.32 Å². The normalized spacial score (nSPS) is 17.8. The highest BCUT2D eigenvalue weighted by atomic mass is 16.4. The Balaban J connectivity index is 1.70. The molecule has 2 aliphatic rings. The van der Waals surface area contributed by atoms with Crippen molar-refractivity contribution in [1.82, 2.24) is 20.3 Å². The summed E-state index contributed by atoms with van der Waals surface area (Å²) in [4.78, 5) is 34.3. The third-order valence-electron chi connectivity index (χ3n) is 9.59. The van der Waals surface area contributed by atoms with Gasteiger partial charge in [-0.15, -0.1) is 0 Å². The SMILES string of the molecule is CCC1=C(C)C2Cc3[nH]c(c(CCC(=O)O)c3C)Cc3[nH]c(c(C)c3CCC(=O)O)Cc3[nH]c(c(C)c3CC)/C=C/1N2. The van der Waals surface area contributed by atoms with Crippen molar-refractivity contribution in [3.8, 4) is 0 Å². The molecule has 3 aromatic rings. The smallest absolute Gasteiger partial charge is 0.303 e. The van der Waals surface area contributed by atoms with Crippen LogP contribution in [0.15, 0.2) is 16.8 Å². The highest BCUT2D eigenvalue weighted by Gasteiger charge is 2.29. The van der Waals surface area contributed by atoms with E-state index in [2.05, 4.69) is 67.9 Å². The minimum Gasteiger partial charge on any atom is -0.481 e. The van der Waals surface area contributed by atoms with Gasteiger partial charge in [0.25, 0.3) is 0 Å². The van der Waals surface area contributed by atoms with E-state index in [0.717, 1.165) is 75.7 Å². The van der Waals surface area contributed by atoms with Crippen LogP contribution in [0.5, 0.6) is 0 Å². The molecule has 0 aliphatic carbocycles. The van der Waals surface area contributed by atoms with Crippen molar-refractivity contribution < 1.29 is 19.8 Å². The first kappa shape index (κ1) is 29.5. The first-order valence-electron chi connectivity index (χ1n) is 15.2. The molecule has 0 fully saturated rings. The number of nitrogens with one attached hydrogen (secondary N) is 4. The second kappa shape index (κ2) is 11.7. The first-order valence-corrected chi connectivity index (χ1v) is 15.2. The van der Waals surface area contributed by atoms with Crippen LogP contribution in [0.25, 0.3) is 6.08 Å². The number of allylic oxidation sites excluding steroid dienone is 1. The van der Waals surface area contributed by atoms with E-state index < -0.39 is 11.9 Å². The van der Waals surface area contributed by atoms with Gasteiger partial charge in [0.05, 0.1) is 6.04 Å². The molecule has 0 radical (unpaired) electrons. The van der Waals surface area contributed by atoms with Gasteiger partial charge >= 0.3 is 11.9 Å². The fraction of sp³-hybridized carbons (Fsp3) is 0.471. The summed E-state index contributed by atoms with van der Waals surface area (Å²) in [6.07, 6.45) is 7.19. The minimum absolute atomic E-state index is 0.0598. The average molecular weight is 573 g/mol. The number of hydrogen-bond acceptors (Lipinski definition) is 3. The fourth-order valence-electron chi connectivity index (χ4n) is 7.15. The largest absolute Gasteiger partial charge is 0.481 e. The molecule has 2 aliphatic heterocycles. The summed E-state index contributed by atoms with van der Waals surface area (Å²) in [5.74, 6) is -1.63. The van der Waals surface area contributed by atoms with Crippen LogP contribution in [0, 0.1) is 20.8 Å². The van der Waals surface area contributed by atoms with Crippen molar-refractivity contribution in [2.24, 2.45) is 0 Å². The topological polar surface area (TPSA) is 134 Å². The number of aromatic amines is 3. The molecule has 1 unspecified atom stereocenters. The van der Waals surface area contributed by atoms with Crippen LogP contribution in [0.3, 0.4) is 0 Å². The highest BCUT2D eigenvalue weighted by molar-refractivity contribution is 5.68. The van der Waals surface area contributed by atoms with Gasteiger partial charge in [0.15, 0.2) is 0 Å². The van der Waals surface area contributed by atoms with E-state index in [1.54, 1.807) is 0 Å². The maximum Gasteiger partial charge on any atom is 0.303 e. The van der Waals surface area contributed by atoms with Gasteiger partial charge in [0.2, 0.25) is 0 Å². The van der Waals surface area contributed by atoms with Crippen LogP contribution in [0.4, 0.5) is 0 Å². The molecule has 8 heteroatoms. The van der Waals surface area contributed by atoms with E-state index in [4.69, 9.17) is 0 Å². The fourth-order valence-corrected chi connectivity index (χ4v) is 7.15. The Morgan fingerprint density at radius 1 is 0.738 bits per heavy atom. The lowest BCUT2D eigenvalue weighted by Gasteiger charge is -2.14. The highest BCUT2D eigenvalue weighted by Crippen LogP contribution is 2.35. The third-order valence-corrected chi connectivity index (χ3v) is 9.59. The Bertz CT molecular complexity index is 1610. The summed E-state index contributed by atoms with van der Waals surface area (Å²) in [7, 11) is 0. The molecule has 224 valence electrons. The number of carboxylic acids is 2. The first-order chi connectivity index (χ1) is 20.0. The number of H-pyrrole nitrogens is 3. The standard InChI is InChI=1S/C34H44N4O4/c1-7-21-17(3)25-13-26-19(5)23(9-11-33(39)40)31(37-26)16-32-24(10-12-34(41)42)20(6)28(38-32)15-30-22(8-2)18(4)27(36-30)14-29(21)35-25/h14,25,35-38H,7-13,15-16H2,1-6H3,(H,39,40)(H,41,42)/b29-14-. The Morgan fingerprint density at radius 2 is 1.29 bits per heavy atom. The number of carboxylic acid groups (broad SMARTS) is 2. The predicted molar refractivity (Wildman–Crippen MR) is 165 cm³/mol. The molecule has 0 spiro atoms. The number of fused-ring (bicyclic) bond motifs is 8. The summed E-state index contributed by atoms with van der Waals surface area (Å²) < 4.78 is 0. The molecule has 5 heterocycles. The third kappa shape index (κ3) is 5.46. The van der Waals surface area contributed by atoms with Crippen LogP contribution in [-0.4, -0.2) is 43.1 Å². The zero-order valence-electron chi connectivity index (χ0n) is 25.7. The molecule has 8 bridgehead atoms. The van der Waals surface area contributed by atoms with Gasteiger partial charge in [-0.3, -0.25) is 9.59 Å². The Kier molecular flexibility index (Phi) is 8.26. The Labute approximate surface area is 247 Å². The zero-order valence-corrected chi connectivity index (χ0v) is 25.7. The van der Waals surface area contributed by atoms with Crippen molar-refractivity contribution in [3.63, 3.8) is 0 Å². The molecule has 6 N–H and O–H groups in total. The molecule has 3 aromatic heterocycles. The maximum absolute atomic E-state index is 11.6. The lowest BCUT2D eigenvalue weighted by atomic mass is 9.96. The van der Waals surface area contributed by atoms with Crippen molar-refractivity contribution in [3.05, 3.63) is 84.4 Å². The summed E-state index contributed by atoms with van der Waals surface area (Å²) in [5, 5.41) is 22.8. The van der Waals surface area contributed by atoms with Gasteiger partial charge in [0, 0.05) is 72.0 Å². The molecule has 42 heavy (non-hydrogen) atoms. The van der Waals surface area contributed by atoms with Crippen LogP contribution in [0.1, 0.15) is 108 Å². The minimum atomic E-state index is -0.815. The number of aromatic nitrogens is 3. The van der Waals surface area contributed by atoms with E-state index >= 15 is 0 Å².